The molecule has 4 rings (SSSR count). The first-order valence-corrected chi connectivity index (χ1v) is 11.0. The fourth-order valence-electron chi connectivity index (χ4n) is 4.55. The SMILES string of the molecule is COc1ccccc1Cn1c(=S)[nH]c2cc(C(=O)N3C[C@H](C)C[C@@H](C)C3)ccc2c1=O. The smallest absolute Gasteiger partial charge is 0.262 e. The first-order valence-electron chi connectivity index (χ1n) is 10.6. The van der Waals surface area contributed by atoms with Gasteiger partial charge in [-0.2, -0.15) is 0 Å². The standard InChI is InChI=1S/C24H27N3O3S/c1-15-10-16(2)13-26(12-15)22(28)17-8-9-19-20(11-17)25-24(31)27(23(19)29)14-18-6-4-5-7-21(18)30-3/h4-9,11,15-16H,10,12-14H2,1-3H3,(H,25,31)/t15-,16-/m1/s1. The lowest BCUT2D eigenvalue weighted by Crippen LogP contribution is -2.42. The number of amides is 1. The van der Waals surface area contributed by atoms with Crippen LogP contribution in [0.25, 0.3) is 10.9 Å². The Labute approximate surface area is 186 Å². The molecule has 2 heterocycles. The Morgan fingerprint density at radius 1 is 1.16 bits per heavy atom. The van der Waals surface area contributed by atoms with Crippen molar-refractivity contribution in [1.29, 1.82) is 0 Å². The van der Waals surface area contributed by atoms with Crippen LogP contribution >= 0.6 is 12.2 Å². The number of rotatable bonds is 4. The molecule has 3 aromatic rings. The average Bonchev–Trinajstić information content (AvgIpc) is 2.75. The number of carbonyl (C=O) groups excluding carboxylic acids is 1. The highest BCUT2D eigenvalue weighted by Crippen LogP contribution is 2.23. The fraction of sp³-hybridized carbons (Fsp3) is 0.375. The molecule has 2 aromatic carbocycles. The number of piperidine rings is 1. The maximum atomic E-state index is 13.2. The zero-order valence-electron chi connectivity index (χ0n) is 18.1. The second-order valence-electron chi connectivity index (χ2n) is 8.55. The van der Waals surface area contributed by atoms with Crippen molar-refractivity contribution in [3.8, 4) is 5.75 Å². The molecule has 1 amide bonds. The molecule has 31 heavy (non-hydrogen) atoms. The van der Waals surface area contributed by atoms with E-state index in [2.05, 4.69) is 18.8 Å². The number of aromatic nitrogens is 2. The van der Waals surface area contributed by atoms with E-state index in [1.54, 1.807) is 25.3 Å². The molecule has 0 spiro atoms. The van der Waals surface area contributed by atoms with Gasteiger partial charge in [0.25, 0.3) is 11.5 Å². The summed E-state index contributed by atoms with van der Waals surface area (Å²) >= 11 is 5.48. The van der Waals surface area contributed by atoms with Crippen LogP contribution in [0, 0.1) is 16.6 Å². The number of carbonyl (C=O) groups is 1. The number of benzene rings is 2. The van der Waals surface area contributed by atoms with Gasteiger partial charge in [-0.15, -0.1) is 0 Å². The molecule has 1 fully saturated rings. The number of nitrogens with one attached hydrogen (secondary N) is 1. The zero-order valence-corrected chi connectivity index (χ0v) is 18.9. The molecule has 1 N–H and O–H groups in total. The second-order valence-corrected chi connectivity index (χ2v) is 8.94. The Hall–Kier alpha value is -2.93. The third-order valence-electron chi connectivity index (χ3n) is 5.91. The number of aromatic amines is 1. The van der Waals surface area contributed by atoms with Gasteiger partial charge in [0, 0.05) is 24.2 Å². The highest BCUT2D eigenvalue weighted by molar-refractivity contribution is 7.71. The minimum absolute atomic E-state index is 0.00202. The Bertz CT molecular complexity index is 1240. The van der Waals surface area contributed by atoms with Gasteiger partial charge >= 0.3 is 0 Å². The minimum atomic E-state index is -0.191. The van der Waals surface area contributed by atoms with E-state index in [1.165, 1.54) is 4.57 Å². The Morgan fingerprint density at radius 3 is 2.58 bits per heavy atom. The summed E-state index contributed by atoms with van der Waals surface area (Å²) in [6.07, 6.45) is 1.14. The molecule has 0 saturated carbocycles. The van der Waals surface area contributed by atoms with Gasteiger partial charge in [0.15, 0.2) is 4.77 Å². The lowest BCUT2D eigenvalue weighted by atomic mass is 9.91. The molecule has 2 atom stereocenters. The van der Waals surface area contributed by atoms with Gasteiger partial charge < -0.3 is 14.6 Å². The lowest BCUT2D eigenvalue weighted by Gasteiger charge is -2.35. The lowest BCUT2D eigenvalue weighted by molar-refractivity contribution is 0.0623. The van der Waals surface area contributed by atoms with Crippen LogP contribution in [0.15, 0.2) is 47.3 Å². The Balaban J connectivity index is 1.69. The molecule has 162 valence electrons. The van der Waals surface area contributed by atoms with Gasteiger partial charge in [0.2, 0.25) is 0 Å². The third-order valence-corrected chi connectivity index (χ3v) is 6.23. The number of H-pyrrole nitrogens is 1. The van der Waals surface area contributed by atoms with Crippen LogP contribution in [0.2, 0.25) is 0 Å². The summed E-state index contributed by atoms with van der Waals surface area (Å²) < 4.78 is 7.23. The fourth-order valence-corrected chi connectivity index (χ4v) is 4.80. The number of para-hydroxylation sites is 1. The summed E-state index contributed by atoms with van der Waals surface area (Å²) in [6.45, 7) is 6.18. The molecular weight excluding hydrogens is 410 g/mol. The van der Waals surface area contributed by atoms with Gasteiger partial charge in [-0.3, -0.25) is 14.2 Å². The maximum absolute atomic E-state index is 13.2. The predicted molar refractivity (Wildman–Crippen MR) is 124 cm³/mol. The summed E-state index contributed by atoms with van der Waals surface area (Å²) in [7, 11) is 1.60. The molecule has 1 aliphatic heterocycles. The van der Waals surface area contributed by atoms with E-state index >= 15 is 0 Å². The van der Waals surface area contributed by atoms with Crippen molar-refractivity contribution in [3.63, 3.8) is 0 Å². The second kappa shape index (κ2) is 8.67. The predicted octanol–water partition coefficient (Wildman–Crippen LogP) is 4.23. The largest absolute Gasteiger partial charge is 0.496 e. The van der Waals surface area contributed by atoms with Crippen molar-refractivity contribution in [1.82, 2.24) is 14.5 Å². The van der Waals surface area contributed by atoms with E-state index in [0.29, 0.717) is 45.4 Å². The third kappa shape index (κ3) is 4.28. The number of fused-ring (bicyclic) bond motifs is 1. The minimum Gasteiger partial charge on any atom is -0.496 e. The number of ether oxygens (including phenoxy) is 1. The first-order chi connectivity index (χ1) is 14.9. The maximum Gasteiger partial charge on any atom is 0.262 e. The number of hydrogen-bond acceptors (Lipinski definition) is 4. The normalized spacial score (nSPS) is 18.9. The van der Waals surface area contributed by atoms with Crippen molar-refractivity contribution < 1.29 is 9.53 Å². The van der Waals surface area contributed by atoms with Crippen molar-refractivity contribution in [2.75, 3.05) is 20.2 Å². The summed E-state index contributed by atoms with van der Waals surface area (Å²) in [4.78, 5) is 31.3. The van der Waals surface area contributed by atoms with Crippen molar-refractivity contribution >= 4 is 29.0 Å². The molecule has 0 bridgehead atoms. The van der Waals surface area contributed by atoms with Crippen LogP contribution in [0.5, 0.6) is 5.75 Å². The molecule has 1 saturated heterocycles. The van der Waals surface area contributed by atoms with Crippen LogP contribution in [0.4, 0.5) is 0 Å². The van der Waals surface area contributed by atoms with Crippen molar-refractivity contribution in [2.45, 2.75) is 26.8 Å². The van der Waals surface area contributed by atoms with Crippen LogP contribution in [0.1, 0.15) is 36.2 Å². The van der Waals surface area contributed by atoms with E-state index in [4.69, 9.17) is 17.0 Å². The topological polar surface area (TPSA) is 67.3 Å². The Kier molecular flexibility index (Phi) is 5.96. The van der Waals surface area contributed by atoms with Crippen molar-refractivity contribution in [3.05, 3.63) is 68.7 Å². The Morgan fingerprint density at radius 2 is 1.87 bits per heavy atom. The van der Waals surface area contributed by atoms with Crippen LogP contribution < -0.4 is 10.3 Å². The zero-order chi connectivity index (χ0) is 22.1. The van der Waals surface area contributed by atoms with Gasteiger partial charge in [0.05, 0.1) is 24.6 Å². The van der Waals surface area contributed by atoms with Gasteiger partial charge in [-0.25, -0.2) is 0 Å². The first kappa shape index (κ1) is 21.3. The molecule has 1 aromatic heterocycles. The molecule has 0 unspecified atom stereocenters. The molecule has 1 aliphatic rings. The number of hydrogen-bond donors (Lipinski definition) is 1. The van der Waals surface area contributed by atoms with Gasteiger partial charge in [0.1, 0.15) is 5.75 Å². The van der Waals surface area contributed by atoms with E-state index < -0.39 is 0 Å². The quantitative estimate of drug-likeness (QED) is 0.620. The summed E-state index contributed by atoms with van der Waals surface area (Å²) in [5.41, 5.74) is 1.83. The molecule has 0 radical (unpaired) electrons. The van der Waals surface area contributed by atoms with Crippen LogP contribution in [-0.2, 0) is 6.54 Å². The molecular formula is C24H27N3O3S. The van der Waals surface area contributed by atoms with Gasteiger partial charge in [-0.05, 0) is 54.7 Å². The van der Waals surface area contributed by atoms with E-state index in [9.17, 15) is 9.59 Å². The highest BCUT2D eigenvalue weighted by atomic mass is 32.1. The summed E-state index contributed by atoms with van der Waals surface area (Å²) in [5, 5.41) is 0.500. The van der Waals surface area contributed by atoms with Crippen LogP contribution in [-0.4, -0.2) is 40.6 Å². The van der Waals surface area contributed by atoms with Crippen molar-refractivity contribution in [2.24, 2.45) is 11.8 Å². The van der Waals surface area contributed by atoms with E-state index in [0.717, 1.165) is 25.1 Å². The average molecular weight is 438 g/mol. The van der Waals surface area contributed by atoms with Gasteiger partial charge in [-0.1, -0.05) is 32.0 Å². The summed E-state index contributed by atoms with van der Waals surface area (Å²) in [5.74, 6) is 1.68. The molecule has 0 aliphatic carbocycles. The van der Waals surface area contributed by atoms with E-state index in [-0.39, 0.29) is 11.5 Å². The number of methoxy groups -OCH3 is 1. The highest BCUT2D eigenvalue weighted by Gasteiger charge is 2.26. The monoisotopic (exact) mass is 437 g/mol. The van der Waals surface area contributed by atoms with E-state index in [1.807, 2.05) is 29.2 Å². The molecule has 7 heteroatoms. The number of nitrogens with zero attached hydrogens (tertiary/aromatic N) is 2. The summed E-state index contributed by atoms with van der Waals surface area (Å²) in [6, 6.07) is 12.7. The van der Waals surface area contributed by atoms with Crippen LogP contribution in [0.3, 0.4) is 0 Å². The number of likely N-dealkylation sites (tertiary alicyclic amines) is 1. The molecule has 6 nitrogen and oxygen atoms in total.